The van der Waals surface area contributed by atoms with Crippen molar-refractivity contribution < 1.29 is 18.7 Å². The monoisotopic (exact) mass is 480 g/mol. The molecule has 0 radical (unpaired) electrons. The molecule has 1 atom stereocenters. The van der Waals surface area contributed by atoms with Gasteiger partial charge >= 0.3 is 0 Å². The van der Waals surface area contributed by atoms with Gasteiger partial charge in [-0.15, -0.1) is 0 Å². The normalized spacial score (nSPS) is 14.7. The number of methoxy groups -OCH3 is 2. The number of fused-ring (bicyclic) bond motifs is 3. The maximum atomic E-state index is 13.1. The zero-order chi connectivity index (χ0) is 24.7. The third kappa shape index (κ3) is 3.92. The molecule has 0 spiro atoms. The summed E-state index contributed by atoms with van der Waals surface area (Å²) in [6, 6.07) is 9.12. The largest absolute Gasteiger partial charge is 0.495 e. The van der Waals surface area contributed by atoms with Crippen molar-refractivity contribution in [1.29, 1.82) is 0 Å². The average molecular weight is 481 g/mol. The first-order chi connectivity index (χ1) is 17.0. The highest BCUT2D eigenvalue weighted by atomic mass is 19.1. The second kappa shape index (κ2) is 9.27. The summed E-state index contributed by atoms with van der Waals surface area (Å²) < 4.78 is 28.0. The fraction of sp³-hybridized carbons (Fsp3) is 0.400. The van der Waals surface area contributed by atoms with E-state index in [1.165, 1.54) is 0 Å². The molecule has 4 heterocycles. The summed E-state index contributed by atoms with van der Waals surface area (Å²) in [5.41, 5.74) is 10.2. The molecular weight excluding hydrogens is 451 g/mol. The third-order valence-corrected chi connectivity index (χ3v) is 6.56. The number of ether oxygens (including phenoxy) is 2. The van der Waals surface area contributed by atoms with Gasteiger partial charge in [0.2, 0.25) is 0 Å². The van der Waals surface area contributed by atoms with E-state index in [2.05, 4.69) is 10.6 Å². The summed E-state index contributed by atoms with van der Waals surface area (Å²) in [7, 11) is 5.26. The van der Waals surface area contributed by atoms with E-state index in [0.717, 1.165) is 33.9 Å². The van der Waals surface area contributed by atoms with Gasteiger partial charge in [-0.1, -0.05) is 12.1 Å². The smallest absolute Gasteiger partial charge is 0.255 e. The summed E-state index contributed by atoms with van der Waals surface area (Å²) in [6.45, 7) is 1.12. The van der Waals surface area contributed by atoms with Crippen LogP contribution >= 0.6 is 0 Å². The molecule has 0 bridgehead atoms. The fourth-order valence-electron chi connectivity index (χ4n) is 4.83. The minimum absolute atomic E-state index is 0.182. The van der Waals surface area contributed by atoms with Crippen molar-refractivity contribution >= 4 is 28.0 Å². The molecule has 35 heavy (non-hydrogen) atoms. The number of alkyl halides is 1. The molecule has 3 aromatic heterocycles. The minimum atomic E-state index is -0.690. The maximum Gasteiger partial charge on any atom is 0.255 e. The molecule has 1 aliphatic heterocycles. The quantitative estimate of drug-likeness (QED) is 0.416. The second-order valence-electron chi connectivity index (χ2n) is 8.81. The van der Waals surface area contributed by atoms with Gasteiger partial charge in [0, 0.05) is 45.6 Å². The zero-order valence-corrected chi connectivity index (χ0v) is 20.1. The topological polar surface area (TPSA) is 100 Å². The first-order valence-corrected chi connectivity index (χ1v) is 11.6. The molecular formula is C25H29FN6O3. The maximum absolute atomic E-state index is 13.1. The number of carbonyl (C=O) groups excluding carboxylic acids is 1. The molecule has 1 aliphatic rings. The predicted molar refractivity (Wildman–Crippen MR) is 131 cm³/mol. The van der Waals surface area contributed by atoms with Crippen LogP contribution in [0.25, 0.3) is 33.6 Å². The summed E-state index contributed by atoms with van der Waals surface area (Å²) in [5.74, 6) is 1.32. The van der Waals surface area contributed by atoms with Crippen LogP contribution in [0.4, 0.5) is 4.39 Å². The molecule has 1 amide bonds. The van der Waals surface area contributed by atoms with E-state index in [4.69, 9.17) is 25.2 Å². The lowest BCUT2D eigenvalue weighted by atomic mass is 10.0. The highest BCUT2D eigenvalue weighted by molar-refractivity contribution is 5.99. The van der Waals surface area contributed by atoms with Crippen LogP contribution in [0.5, 0.6) is 5.75 Å². The number of para-hydroxylation sites is 1. The van der Waals surface area contributed by atoms with Crippen LogP contribution in [0.3, 0.4) is 0 Å². The molecule has 9 nitrogen and oxygen atoms in total. The van der Waals surface area contributed by atoms with Gasteiger partial charge < -0.3 is 29.2 Å². The van der Waals surface area contributed by atoms with Gasteiger partial charge in [-0.3, -0.25) is 4.79 Å². The van der Waals surface area contributed by atoms with Crippen LogP contribution in [0, 0.1) is 0 Å². The molecule has 4 aromatic rings. The number of aromatic nitrogens is 4. The number of rotatable bonds is 8. The van der Waals surface area contributed by atoms with E-state index >= 15 is 0 Å². The van der Waals surface area contributed by atoms with Gasteiger partial charge in [0.05, 0.1) is 42.2 Å². The van der Waals surface area contributed by atoms with Gasteiger partial charge in [-0.2, -0.15) is 0 Å². The van der Waals surface area contributed by atoms with Crippen LogP contribution in [-0.4, -0.2) is 76.5 Å². The number of carbonyl (C=O) groups is 1. The molecule has 5 rings (SSSR count). The summed E-state index contributed by atoms with van der Waals surface area (Å²) >= 11 is 0. The molecule has 2 N–H and O–H groups in total. The number of benzene rings is 1. The Morgan fingerprint density at radius 1 is 1.23 bits per heavy atom. The Morgan fingerprint density at radius 3 is 2.80 bits per heavy atom. The molecule has 0 aliphatic carbocycles. The van der Waals surface area contributed by atoms with Crippen LogP contribution in [0.2, 0.25) is 0 Å². The van der Waals surface area contributed by atoms with E-state index in [9.17, 15) is 9.18 Å². The van der Waals surface area contributed by atoms with Crippen molar-refractivity contribution in [3.8, 4) is 17.3 Å². The second-order valence-corrected chi connectivity index (χ2v) is 8.81. The Kier molecular flexibility index (Phi) is 6.16. The Bertz CT molecular complexity index is 1410. The van der Waals surface area contributed by atoms with E-state index in [1.54, 1.807) is 25.2 Å². The molecule has 0 saturated carbocycles. The predicted octanol–water partition coefficient (Wildman–Crippen LogP) is 2.54. The lowest BCUT2D eigenvalue weighted by Crippen LogP contribution is -2.45. The van der Waals surface area contributed by atoms with Crippen molar-refractivity contribution in [1.82, 2.24) is 24.0 Å². The summed E-state index contributed by atoms with van der Waals surface area (Å²) in [5, 5.41) is 1.03. The van der Waals surface area contributed by atoms with Gasteiger partial charge in [0.15, 0.2) is 11.5 Å². The number of amides is 1. The highest BCUT2D eigenvalue weighted by Gasteiger charge is 2.29. The van der Waals surface area contributed by atoms with Crippen LogP contribution < -0.4 is 10.5 Å². The lowest BCUT2D eigenvalue weighted by Gasteiger charge is -2.29. The molecule has 10 heteroatoms. The number of pyridine rings is 1. The molecule has 0 unspecified atom stereocenters. The number of imidazole rings is 1. The average Bonchev–Trinajstić information content (AvgIpc) is 3.40. The number of aryl methyl sites for hydroxylation is 1. The van der Waals surface area contributed by atoms with E-state index in [0.29, 0.717) is 42.8 Å². The van der Waals surface area contributed by atoms with Crippen molar-refractivity contribution in [2.45, 2.75) is 19.0 Å². The number of hydrogen-bond donors (Lipinski definition) is 1. The van der Waals surface area contributed by atoms with Crippen molar-refractivity contribution in [3.63, 3.8) is 0 Å². The van der Waals surface area contributed by atoms with Crippen molar-refractivity contribution in [3.05, 3.63) is 41.6 Å². The third-order valence-electron chi connectivity index (χ3n) is 6.56. The molecule has 184 valence electrons. The number of hydrogen-bond acceptors (Lipinski definition) is 6. The Morgan fingerprint density at radius 2 is 2.06 bits per heavy atom. The van der Waals surface area contributed by atoms with Crippen LogP contribution in [0.15, 0.2) is 30.3 Å². The van der Waals surface area contributed by atoms with Gasteiger partial charge in [-0.05, 0) is 18.2 Å². The Labute approximate surface area is 202 Å². The Hall–Kier alpha value is -3.50. The van der Waals surface area contributed by atoms with E-state index in [1.807, 2.05) is 29.8 Å². The van der Waals surface area contributed by atoms with E-state index in [-0.39, 0.29) is 12.5 Å². The highest BCUT2D eigenvalue weighted by Crippen LogP contribution is 2.35. The number of halogens is 1. The molecule has 0 fully saturated rings. The van der Waals surface area contributed by atoms with Gasteiger partial charge in [0.1, 0.15) is 17.9 Å². The summed E-state index contributed by atoms with van der Waals surface area (Å²) in [4.78, 5) is 24.4. The molecule has 0 saturated heterocycles. The standard InChI is InChI=1S/C25H29FN6O3/c1-30-23-19(12-17-18(28-23)7-8-31(25(17)33)14-16(27)13-26)29-24(30)20-11-15-5-4-6-21(35-3)22(15)32(20)9-10-34-2/h4-6,11-12,16H,7-10,13-14,27H2,1-3H3/t16-/m1/s1. The first kappa shape index (κ1) is 23.3. The van der Waals surface area contributed by atoms with Gasteiger partial charge in [-0.25, -0.2) is 14.4 Å². The SMILES string of the molecule is COCCn1c(-c2nc3cc4c(nc3n2C)CCN(C[C@H](N)CF)C4=O)cc2cccc(OC)c21. The van der Waals surface area contributed by atoms with Crippen molar-refractivity contribution in [2.75, 3.05) is 40.6 Å². The van der Waals surface area contributed by atoms with Crippen molar-refractivity contribution in [2.24, 2.45) is 12.8 Å². The zero-order valence-electron chi connectivity index (χ0n) is 20.1. The molecule has 1 aromatic carbocycles. The number of nitrogens with zero attached hydrogens (tertiary/aromatic N) is 5. The lowest BCUT2D eigenvalue weighted by molar-refractivity contribution is 0.0723. The fourth-order valence-corrected chi connectivity index (χ4v) is 4.83. The van der Waals surface area contributed by atoms with E-state index < -0.39 is 12.7 Å². The summed E-state index contributed by atoms with van der Waals surface area (Å²) in [6.07, 6.45) is 0.585. The number of nitrogens with two attached hydrogens (primary N) is 1. The minimum Gasteiger partial charge on any atom is -0.495 e. The first-order valence-electron chi connectivity index (χ1n) is 11.6. The van der Waals surface area contributed by atoms with Crippen LogP contribution in [0.1, 0.15) is 16.1 Å². The van der Waals surface area contributed by atoms with Crippen LogP contribution in [-0.2, 0) is 24.8 Å². The Balaban J connectivity index is 1.63. The van der Waals surface area contributed by atoms with Gasteiger partial charge in [0.25, 0.3) is 5.91 Å².